The van der Waals surface area contributed by atoms with Crippen molar-refractivity contribution < 1.29 is 18.4 Å². The van der Waals surface area contributed by atoms with Crippen molar-refractivity contribution in [3.63, 3.8) is 0 Å². The summed E-state index contributed by atoms with van der Waals surface area (Å²) in [6.07, 6.45) is 7.14. The van der Waals surface area contributed by atoms with Gasteiger partial charge in [-0.15, -0.1) is 0 Å². The predicted molar refractivity (Wildman–Crippen MR) is 185 cm³/mol. The number of hydrogen-bond donors (Lipinski definition) is 2. The summed E-state index contributed by atoms with van der Waals surface area (Å²) in [6, 6.07) is 13.3. The highest BCUT2D eigenvalue weighted by Gasteiger charge is 2.25. The van der Waals surface area contributed by atoms with Crippen LogP contribution in [0.1, 0.15) is 25.7 Å². The molecule has 2 aromatic carbocycles. The van der Waals surface area contributed by atoms with Crippen molar-refractivity contribution in [1.29, 1.82) is 0 Å². The molecule has 2 fully saturated rings. The number of halogens is 4. The topological polar surface area (TPSA) is 111 Å². The summed E-state index contributed by atoms with van der Waals surface area (Å²) >= 11 is 14.0. The van der Waals surface area contributed by atoms with E-state index in [0.717, 1.165) is 12.4 Å². The maximum atomic E-state index is 15.3. The number of hydrogen-bond acceptors (Lipinski definition) is 4. The number of benzene rings is 2. The standard InChI is InChI=1S/C36H28Cl2F2N6O4/c37-33-23(19-11-27-35(49)43(17-29(39)45(27)13-19)15-21-7-9-31(47)41-21)3-1-5-25(33)26-6-2-4-24(34(26)38)20-12-28-36(50)44(18-30(40)46(28)14-20)16-22-8-10-32(48)42-22/h1-6,11-14,17-18,21-22H,7-10,15-16H2,(H,41,47)(H,42,48). The monoisotopic (exact) mass is 716 g/mol. The summed E-state index contributed by atoms with van der Waals surface area (Å²) in [6.45, 7) is 0.313. The van der Waals surface area contributed by atoms with Crippen molar-refractivity contribution in [2.45, 2.75) is 50.9 Å². The van der Waals surface area contributed by atoms with Gasteiger partial charge in [0.1, 0.15) is 11.0 Å². The fraction of sp³-hybridized carbons (Fsp3) is 0.222. The van der Waals surface area contributed by atoms with Crippen molar-refractivity contribution in [3.05, 3.63) is 116 Å². The maximum absolute atomic E-state index is 15.3. The summed E-state index contributed by atoms with van der Waals surface area (Å²) in [5, 5.41) is 6.23. The first kappa shape index (κ1) is 32.0. The number of carbonyl (C=O) groups excluding carboxylic acids is 2. The molecule has 0 radical (unpaired) electrons. The first-order chi connectivity index (χ1) is 24.0. The number of nitrogens with zero attached hydrogens (tertiary/aromatic N) is 4. The molecule has 2 aliphatic rings. The number of carbonyl (C=O) groups is 2. The van der Waals surface area contributed by atoms with Crippen LogP contribution < -0.4 is 21.8 Å². The van der Waals surface area contributed by atoms with Crippen molar-refractivity contribution >= 4 is 46.0 Å². The van der Waals surface area contributed by atoms with Crippen LogP contribution in [-0.2, 0) is 22.7 Å². The Morgan fingerprint density at radius 3 is 1.40 bits per heavy atom. The minimum absolute atomic E-state index is 0.0943. The molecular weight excluding hydrogens is 689 g/mol. The van der Waals surface area contributed by atoms with Gasteiger partial charge in [0, 0.05) is 83.8 Å². The van der Waals surface area contributed by atoms with Gasteiger partial charge in [-0.25, -0.2) is 0 Å². The Kier molecular flexibility index (Phi) is 7.87. The van der Waals surface area contributed by atoms with Crippen molar-refractivity contribution in [2.24, 2.45) is 0 Å². The van der Waals surface area contributed by atoms with Crippen molar-refractivity contribution in [2.75, 3.05) is 0 Å². The normalized spacial score (nSPS) is 17.6. The molecule has 0 aliphatic carbocycles. The van der Waals surface area contributed by atoms with Gasteiger partial charge < -0.3 is 19.8 Å². The Morgan fingerprint density at radius 2 is 1.02 bits per heavy atom. The molecule has 2 aliphatic heterocycles. The lowest BCUT2D eigenvalue weighted by molar-refractivity contribution is -0.120. The van der Waals surface area contributed by atoms with Crippen LogP contribution in [0.3, 0.4) is 0 Å². The highest BCUT2D eigenvalue weighted by molar-refractivity contribution is 6.39. The molecule has 6 heterocycles. The molecule has 6 aromatic rings. The number of rotatable bonds is 7. The van der Waals surface area contributed by atoms with Crippen LogP contribution in [0.4, 0.5) is 8.78 Å². The van der Waals surface area contributed by atoms with Crippen LogP contribution in [0.25, 0.3) is 44.4 Å². The van der Waals surface area contributed by atoms with Gasteiger partial charge in [0.2, 0.25) is 23.7 Å². The summed E-state index contributed by atoms with van der Waals surface area (Å²) < 4.78 is 35.4. The van der Waals surface area contributed by atoms with Crippen LogP contribution in [0.2, 0.25) is 10.0 Å². The van der Waals surface area contributed by atoms with Crippen LogP contribution >= 0.6 is 23.2 Å². The number of aromatic nitrogens is 4. The van der Waals surface area contributed by atoms with Gasteiger partial charge in [-0.1, -0.05) is 59.6 Å². The lowest BCUT2D eigenvalue weighted by Gasteiger charge is -2.13. The lowest BCUT2D eigenvalue weighted by Crippen LogP contribution is -2.34. The molecule has 2 amide bonds. The second-order valence-electron chi connectivity index (χ2n) is 12.7. The van der Waals surface area contributed by atoms with Gasteiger partial charge in [-0.3, -0.25) is 28.0 Å². The van der Waals surface area contributed by atoms with Crippen molar-refractivity contribution in [1.82, 2.24) is 28.6 Å². The SMILES string of the molecule is O=C1CCC(Cn2cc(F)n3cc(-c4cccc(-c5cccc(-c6cc7c(=O)n(CC8CCC(=O)N8)cc(F)n7c6)c5Cl)c4Cl)cc3c2=O)N1. The molecular formula is C36H28Cl2F2N6O4. The predicted octanol–water partition coefficient (Wildman–Crippen LogP) is 5.66. The Bertz CT molecular complexity index is 2350. The van der Waals surface area contributed by atoms with E-state index >= 15 is 8.78 Å². The van der Waals surface area contributed by atoms with E-state index in [-0.39, 0.29) is 48.0 Å². The zero-order valence-electron chi connectivity index (χ0n) is 26.3. The summed E-state index contributed by atoms with van der Waals surface area (Å²) in [5.74, 6) is -1.48. The van der Waals surface area contributed by atoms with Crippen LogP contribution in [0, 0.1) is 11.9 Å². The van der Waals surface area contributed by atoms with Crippen LogP contribution in [0.15, 0.2) is 82.9 Å². The van der Waals surface area contributed by atoms with Gasteiger partial charge in [-0.2, -0.15) is 8.78 Å². The molecule has 50 heavy (non-hydrogen) atoms. The van der Waals surface area contributed by atoms with E-state index in [2.05, 4.69) is 10.6 Å². The van der Waals surface area contributed by atoms with Gasteiger partial charge >= 0.3 is 0 Å². The van der Waals surface area contributed by atoms with Crippen LogP contribution in [-0.4, -0.2) is 41.8 Å². The zero-order chi connectivity index (χ0) is 34.8. The first-order valence-electron chi connectivity index (χ1n) is 16.0. The highest BCUT2D eigenvalue weighted by Crippen LogP contribution is 2.43. The second-order valence-corrected chi connectivity index (χ2v) is 13.5. The van der Waals surface area contributed by atoms with Gasteiger partial charge in [0.25, 0.3) is 11.1 Å². The highest BCUT2D eigenvalue weighted by atomic mass is 35.5. The molecule has 2 saturated heterocycles. The van der Waals surface area contributed by atoms with Gasteiger partial charge in [0.05, 0.1) is 22.4 Å². The summed E-state index contributed by atoms with van der Waals surface area (Å²) in [4.78, 5) is 50.0. The summed E-state index contributed by atoms with van der Waals surface area (Å²) in [7, 11) is 0. The molecule has 14 heteroatoms. The number of nitrogens with one attached hydrogen (secondary N) is 2. The minimum atomic E-state index is -0.647. The fourth-order valence-electron chi connectivity index (χ4n) is 7.00. The largest absolute Gasteiger partial charge is 0.352 e. The third-order valence-corrected chi connectivity index (χ3v) is 10.3. The Hall–Kier alpha value is -5.20. The number of amides is 2. The second kappa shape index (κ2) is 12.3. The van der Waals surface area contributed by atoms with E-state index in [4.69, 9.17) is 23.2 Å². The molecule has 0 spiro atoms. The third-order valence-electron chi connectivity index (χ3n) is 9.50. The molecule has 10 nitrogen and oxygen atoms in total. The smallest absolute Gasteiger partial charge is 0.275 e. The molecule has 0 saturated carbocycles. The molecule has 8 rings (SSSR count). The zero-order valence-corrected chi connectivity index (χ0v) is 27.8. The number of fused-ring (bicyclic) bond motifs is 2. The molecule has 254 valence electrons. The van der Waals surface area contributed by atoms with E-state index in [0.29, 0.717) is 69.1 Å². The summed E-state index contributed by atoms with van der Waals surface area (Å²) in [5.41, 5.74) is 2.65. The molecule has 4 aromatic heterocycles. The van der Waals surface area contributed by atoms with E-state index < -0.39 is 23.0 Å². The third kappa shape index (κ3) is 5.48. The Labute approximate surface area is 292 Å². The van der Waals surface area contributed by atoms with E-state index in [1.165, 1.54) is 30.3 Å². The maximum Gasteiger partial charge on any atom is 0.275 e. The van der Waals surface area contributed by atoms with Gasteiger partial charge in [0.15, 0.2) is 0 Å². The van der Waals surface area contributed by atoms with E-state index in [9.17, 15) is 19.2 Å². The quantitative estimate of drug-likeness (QED) is 0.222. The van der Waals surface area contributed by atoms with Crippen LogP contribution in [0.5, 0.6) is 0 Å². The Morgan fingerprint density at radius 1 is 0.620 bits per heavy atom. The van der Waals surface area contributed by atoms with E-state index in [1.807, 2.05) is 0 Å². The molecule has 0 bridgehead atoms. The average molecular weight is 718 g/mol. The Balaban J connectivity index is 1.15. The minimum Gasteiger partial charge on any atom is -0.352 e. The molecule has 2 atom stereocenters. The van der Waals surface area contributed by atoms with Gasteiger partial charge in [-0.05, 0) is 25.0 Å². The molecule has 2 N–H and O–H groups in total. The average Bonchev–Trinajstić information content (AvgIpc) is 3.90. The fourth-order valence-corrected chi connectivity index (χ4v) is 7.67. The van der Waals surface area contributed by atoms with Crippen molar-refractivity contribution in [3.8, 4) is 33.4 Å². The van der Waals surface area contributed by atoms with E-state index in [1.54, 1.807) is 48.5 Å². The molecule has 2 unspecified atom stereocenters. The lowest BCUT2D eigenvalue weighted by atomic mass is 9.97. The first-order valence-corrected chi connectivity index (χ1v) is 16.8.